The van der Waals surface area contributed by atoms with Crippen LogP contribution < -0.4 is 0 Å². The van der Waals surface area contributed by atoms with Crippen molar-refractivity contribution in [2.45, 2.75) is 43.4 Å². The lowest BCUT2D eigenvalue weighted by Crippen LogP contribution is -2.17. The SMILES string of the molecule is CCc1nn2c(C)c(CCN(C)C)c(C)nc2c1S(=O)(=O)c1ccc(F)c(Cl)c1. The third-order valence-electron chi connectivity index (χ3n) is 4.97. The molecule has 0 unspecified atom stereocenters. The van der Waals surface area contributed by atoms with Gasteiger partial charge in [-0.2, -0.15) is 5.10 Å². The van der Waals surface area contributed by atoms with Gasteiger partial charge in [0.25, 0.3) is 0 Å². The third kappa shape index (κ3) is 3.89. The monoisotopic (exact) mass is 438 g/mol. The van der Waals surface area contributed by atoms with Crippen LogP contribution in [0.1, 0.15) is 29.6 Å². The van der Waals surface area contributed by atoms with Gasteiger partial charge in [-0.15, -0.1) is 0 Å². The standard InChI is InChI=1S/C20H24ClFN4O2S/c1-6-18-19(29(27,28)14-7-8-17(22)16(21)11-14)20-23-12(2)15(9-10-25(4)5)13(3)26(20)24-18/h7-8,11H,6,9-10H2,1-5H3. The molecular formula is C20H24ClFN4O2S. The summed E-state index contributed by atoms with van der Waals surface area (Å²) < 4.78 is 41.9. The van der Waals surface area contributed by atoms with Crippen LogP contribution in [0.3, 0.4) is 0 Å². The molecule has 29 heavy (non-hydrogen) atoms. The number of aryl methyl sites for hydroxylation is 3. The van der Waals surface area contributed by atoms with Gasteiger partial charge >= 0.3 is 0 Å². The Kier molecular flexibility index (Phi) is 5.98. The van der Waals surface area contributed by atoms with E-state index in [0.29, 0.717) is 12.1 Å². The fourth-order valence-electron chi connectivity index (χ4n) is 3.35. The summed E-state index contributed by atoms with van der Waals surface area (Å²) in [5, 5.41) is 4.30. The Balaban J connectivity index is 2.26. The molecule has 0 saturated carbocycles. The molecule has 0 saturated heterocycles. The molecule has 0 bridgehead atoms. The topological polar surface area (TPSA) is 67.6 Å². The summed E-state index contributed by atoms with van der Waals surface area (Å²) in [6.45, 7) is 6.48. The highest BCUT2D eigenvalue weighted by Crippen LogP contribution is 2.31. The predicted molar refractivity (Wildman–Crippen MR) is 111 cm³/mol. The van der Waals surface area contributed by atoms with Gasteiger partial charge < -0.3 is 4.90 Å². The Morgan fingerprint density at radius 3 is 2.52 bits per heavy atom. The summed E-state index contributed by atoms with van der Waals surface area (Å²) in [5.41, 5.74) is 3.39. The maximum atomic E-state index is 13.5. The number of hydrogen-bond donors (Lipinski definition) is 0. The first kappa shape index (κ1) is 21.7. The van der Waals surface area contributed by atoms with Gasteiger partial charge in [-0.3, -0.25) is 0 Å². The van der Waals surface area contributed by atoms with Crippen molar-refractivity contribution in [3.05, 3.63) is 51.7 Å². The molecule has 0 aliphatic carbocycles. The number of benzene rings is 1. The van der Waals surface area contributed by atoms with Crippen molar-refractivity contribution >= 4 is 27.1 Å². The molecule has 3 aromatic rings. The third-order valence-corrected chi connectivity index (χ3v) is 7.09. The molecule has 6 nitrogen and oxygen atoms in total. The van der Waals surface area contributed by atoms with E-state index in [9.17, 15) is 12.8 Å². The lowest BCUT2D eigenvalue weighted by Gasteiger charge is -2.14. The molecular weight excluding hydrogens is 415 g/mol. The molecule has 0 spiro atoms. The van der Waals surface area contributed by atoms with Gasteiger partial charge in [0, 0.05) is 17.9 Å². The summed E-state index contributed by atoms with van der Waals surface area (Å²) >= 11 is 5.82. The van der Waals surface area contributed by atoms with Crippen LogP contribution in [0.15, 0.2) is 28.0 Å². The van der Waals surface area contributed by atoms with Gasteiger partial charge in [-0.05, 0) is 64.5 Å². The van der Waals surface area contributed by atoms with Crippen LogP contribution in [0.25, 0.3) is 5.65 Å². The van der Waals surface area contributed by atoms with Gasteiger partial charge in [0.15, 0.2) is 5.65 Å². The molecule has 2 aromatic heterocycles. The van der Waals surface area contributed by atoms with Crippen LogP contribution >= 0.6 is 11.6 Å². The van der Waals surface area contributed by atoms with E-state index in [1.807, 2.05) is 34.9 Å². The molecule has 0 atom stereocenters. The van der Waals surface area contributed by atoms with Gasteiger partial charge in [-0.1, -0.05) is 18.5 Å². The van der Waals surface area contributed by atoms with Crippen LogP contribution in [0, 0.1) is 19.7 Å². The maximum absolute atomic E-state index is 13.5. The Bertz CT molecular complexity index is 1190. The number of fused-ring (bicyclic) bond motifs is 1. The minimum absolute atomic E-state index is 0.0491. The van der Waals surface area contributed by atoms with E-state index in [-0.39, 0.29) is 20.5 Å². The molecule has 9 heteroatoms. The molecule has 0 amide bonds. The smallest absolute Gasteiger partial charge is 0.212 e. The van der Waals surface area contributed by atoms with Crippen molar-refractivity contribution in [1.82, 2.24) is 19.5 Å². The summed E-state index contributed by atoms with van der Waals surface area (Å²) in [6.07, 6.45) is 1.20. The van der Waals surface area contributed by atoms with Crippen molar-refractivity contribution in [3.8, 4) is 0 Å². The second kappa shape index (κ2) is 8.01. The van der Waals surface area contributed by atoms with E-state index in [0.717, 1.165) is 42.0 Å². The maximum Gasteiger partial charge on any atom is 0.212 e. The van der Waals surface area contributed by atoms with E-state index < -0.39 is 15.7 Å². The number of likely N-dealkylation sites (N-methyl/N-ethyl adjacent to an activating group) is 1. The average Bonchev–Trinajstić information content (AvgIpc) is 3.02. The molecule has 2 heterocycles. The van der Waals surface area contributed by atoms with E-state index in [2.05, 4.69) is 15.0 Å². The Morgan fingerprint density at radius 1 is 1.24 bits per heavy atom. The fourth-order valence-corrected chi connectivity index (χ4v) is 5.22. The van der Waals surface area contributed by atoms with E-state index in [1.54, 1.807) is 4.52 Å². The van der Waals surface area contributed by atoms with E-state index in [4.69, 9.17) is 11.6 Å². The molecule has 0 aliphatic rings. The fraction of sp³-hybridized carbons (Fsp3) is 0.400. The zero-order valence-electron chi connectivity index (χ0n) is 17.1. The zero-order valence-corrected chi connectivity index (χ0v) is 18.7. The van der Waals surface area contributed by atoms with Crippen LogP contribution in [0.4, 0.5) is 4.39 Å². The summed E-state index contributed by atoms with van der Waals surface area (Å²) in [5.74, 6) is -0.670. The summed E-state index contributed by atoms with van der Waals surface area (Å²) in [7, 11) is 0.0150. The Morgan fingerprint density at radius 2 is 1.93 bits per heavy atom. The van der Waals surface area contributed by atoms with Gasteiger partial charge in [-0.25, -0.2) is 22.3 Å². The minimum atomic E-state index is -3.98. The molecule has 1 aromatic carbocycles. The normalized spacial score (nSPS) is 12.3. The second-order valence-corrected chi connectivity index (χ2v) is 9.55. The first-order chi connectivity index (χ1) is 13.6. The lowest BCUT2D eigenvalue weighted by atomic mass is 10.1. The molecule has 3 rings (SSSR count). The minimum Gasteiger partial charge on any atom is -0.309 e. The first-order valence-corrected chi connectivity index (χ1v) is 11.2. The van der Waals surface area contributed by atoms with Crippen molar-refractivity contribution in [1.29, 1.82) is 0 Å². The zero-order chi connectivity index (χ0) is 21.5. The van der Waals surface area contributed by atoms with Crippen molar-refractivity contribution in [3.63, 3.8) is 0 Å². The summed E-state index contributed by atoms with van der Waals surface area (Å²) in [4.78, 5) is 6.66. The number of sulfone groups is 1. The van der Waals surface area contributed by atoms with E-state index in [1.165, 1.54) is 6.07 Å². The van der Waals surface area contributed by atoms with Crippen molar-refractivity contribution in [2.24, 2.45) is 0 Å². The quantitative estimate of drug-likeness (QED) is 0.549. The van der Waals surface area contributed by atoms with E-state index >= 15 is 0 Å². The lowest BCUT2D eigenvalue weighted by molar-refractivity contribution is 0.412. The highest BCUT2D eigenvalue weighted by Gasteiger charge is 2.29. The van der Waals surface area contributed by atoms with Crippen LogP contribution in [-0.2, 0) is 22.7 Å². The number of halogens is 2. The van der Waals surface area contributed by atoms with Crippen LogP contribution in [-0.4, -0.2) is 48.6 Å². The molecule has 0 radical (unpaired) electrons. The highest BCUT2D eigenvalue weighted by molar-refractivity contribution is 7.91. The number of rotatable bonds is 6. The van der Waals surface area contributed by atoms with Gasteiger partial charge in [0.2, 0.25) is 9.84 Å². The van der Waals surface area contributed by atoms with Crippen LogP contribution in [0.5, 0.6) is 0 Å². The first-order valence-electron chi connectivity index (χ1n) is 9.30. The average molecular weight is 439 g/mol. The van der Waals surface area contributed by atoms with Crippen molar-refractivity contribution in [2.75, 3.05) is 20.6 Å². The molecule has 0 aliphatic heterocycles. The predicted octanol–water partition coefficient (Wildman–Crippen LogP) is 3.64. The highest BCUT2D eigenvalue weighted by atomic mass is 35.5. The molecule has 0 N–H and O–H groups in total. The molecule has 156 valence electrons. The van der Waals surface area contributed by atoms with Crippen LogP contribution in [0.2, 0.25) is 5.02 Å². The number of hydrogen-bond acceptors (Lipinski definition) is 5. The number of nitrogens with zero attached hydrogens (tertiary/aromatic N) is 4. The van der Waals surface area contributed by atoms with Gasteiger partial charge in [0.05, 0.1) is 15.6 Å². The Labute approximate surface area is 175 Å². The van der Waals surface area contributed by atoms with Gasteiger partial charge in [0.1, 0.15) is 10.7 Å². The number of aromatic nitrogens is 3. The summed E-state index contributed by atoms with van der Waals surface area (Å²) in [6, 6.07) is 3.39. The largest absolute Gasteiger partial charge is 0.309 e. The second-order valence-electron chi connectivity index (χ2n) is 7.26. The molecule has 0 fully saturated rings. The Hall–Kier alpha value is -2.03. The van der Waals surface area contributed by atoms with Crippen molar-refractivity contribution < 1.29 is 12.8 Å².